The zero-order chi connectivity index (χ0) is 14.4. The van der Waals surface area contributed by atoms with E-state index in [1.165, 1.54) is 4.90 Å². The number of amides is 2. The van der Waals surface area contributed by atoms with Crippen LogP contribution in [0.5, 0.6) is 0 Å². The lowest BCUT2D eigenvalue weighted by Crippen LogP contribution is -2.49. The van der Waals surface area contributed by atoms with Crippen molar-refractivity contribution in [2.75, 3.05) is 40.3 Å². The van der Waals surface area contributed by atoms with E-state index >= 15 is 0 Å². The van der Waals surface area contributed by atoms with E-state index in [9.17, 15) is 9.59 Å². The fourth-order valence-corrected chi connectivity index (χ4v) is 2.16. The average Bonchev–Trinajstić information content (AvgIpc) is 2.37. The Kier molecular flexibility index (Phi) is 6.04. The number of aliphatic hydroxyl groups is 1. The quantitative estimate of drug-likeness (QED) is 0.623. The summed E-state index contributed by atoms with van der Waals surface area (Å²) in [5.41, 5.74) is 0. The minimum atomic E-state index is -1.24. The predicted octanol–water partition coefficient (Wildman–Crippen LogP) is -0.585. The van der Waals surface area contributed by atoms with E-state index in [1.807, 2.05) is 0 Å². The van der Waals surface area contributed by atoms with Gasteiger partial charge in [-0.15, -0.1) is 0 Å². The molecule has 1 atom stereocenters. The molecule has 1 saturated heterocycles. The molecule has 7 heteroatoms. The summed E-state index contributed by atoms with van der Waals surface area (Å²) in [5.74, 6) is -0.784. The van der Waals surface area contributed by atoms with E-state index in [0.717, 1.165) is 25.9 Å². The van der Waals surface area contributed by atoms with E-state index in [4.69, 9.17) is 10.2 Å². The van der Waals surface area contributed by atoms with E-state index in [0.29, 0.717) is 12.5 Å². The summed E-state index contributed by atoms with van der Waals surface area (Å²) < 4.78 is 0. The normalized spacial score (nSPS) is 18.9. The number of aliphatic hydroxyl groups excluding tert-OH is 1. The van der Waals surface area contributed by atoms with Crippen LogP contribution < -0.4 is 5.32 Å². The molecule has 1 rings (SSSR count). The molecule has 0 unspecified atom stereocenters. The zero-order valence-electron chi connectivity index (χ0n) is 11.5. The highest BCUT2D eigenvalue weighted by Gasteiger charge is 2.23. The minimum absolute atomic E-state index is 0.448. The minimum Gasteiger partial charge on any atom is -0.480 e. The number of urea groups is 1. The number of carboxylic acid groups (broad SMARTS) is 1. The predicted molar refractivity (Wildman–Crippen MR) is 69.9 cm³/mol. The number of hydrogen-bond acceptors (Lipinski definition) is 4. The zero-order valence-corrected chi connectivity index (χ0v) is 11.5. The summed E-state index contributed by atoms with van der Waals surface area (Å²) in [5, 5.41) is 19.9. The van der Waals surface area contributed by atoms with Gasteiger partial charge in [0.05, 0.1) is 6.61 Å². The van der Waals surface area contributed by atoms with Gasteiger partial charge in [0.15, 0.2) is 6.04 Å². The molecule has 0 bridgehead atoms. The van der Waals surface area contributed by atoms with Crippen molar-refractivity contribution in [3.8, 4) is 0 Å². The monoisotopic (exact) mass is 273 g/mol. The fourth-order valence-electron chi connectivity index (χ4n) is 2.16. The number of rotatable bonds is 5. The van der Waals surface area contributed by atoms with Crippen molar-refractivity contribution in [2.24, 2.45) is 5.92 Å². The van der Waals surface area contributed by atoms with E-state index in [1.54, 1.807) is 7.05 Å². The van der Waals surface area contributed by atoms with E-state index in [2.05, 4.69) is 17.3 Å². The molecule has 3 N–H and O–H groups in total. The number of aliphatic carboxylic acids is 1. The first kappa shape index (κ1) is 15.7. The highest BCUT2D eigenvalue weighted by atomic mass is 16.4. The van der Waals surface area contributed by atoms with Gasteiger partial charge in [0.1, 0.15) is 0 Å². The third-order valence-electron chi connectivity index (χ3n) is 3.50. The highest BCUT2D eigenvalue weighted by molar-refractivity contribution is 5.82. The van der Waals surface area contributed by atoms with Crippen LogP contribution in [0.4, 0.5) is 4.79 Å². The van der Waals surface area contributed by atoms with Gasteiger partial charge in [0.2, 0.25) is 0 Å². The molecule has 0 saturated carbocycles. The first-order valence-electron chi connectivity index (χ1n) is 6.48. The van der Waals surface area contributed by atoms with Crippen LogP contribution in [0.2, 0.25) is 0 Å². The molecule has 0 spiro atoms. The van der Waals surface area contributed by atoms with E-state index in [-0.39, 0.29) is 0 Å². The van der Waals surface area contributed by atoms with Gasteiger partial charge >= 0.3 is 12.0 Å². The lowest BCUT2D eigenvalue weighted by Gasteiger charge is -2.32. The number of carbonyl (C=O) groups is 2. The van der Waals surface area contributed by atoms with Crippen LogP contribution in [0.3, 0.4) is 0 Å². The van der Waals surface area contributed by atoms with Gasteiger partial charge in [0, 0.05) is 13.6 Å². The number of piperidine rings is 1. The number of carboxylic acids is 1. The van der Waals surface area contributed by atoms with Crippen LogP contribution in [0, 0.1) is 5.92 Å². The van der Waals surface area contributed by atoms with Gasteiger partial charge in [-0.25, -0.2) is 9.59 Å². The largest absolute Gasteiger partial charge is 0.480 e. The molecular weight excluding hydrogens is 250 g/mol. The van der Waals surface area contributed by atoms with Crippen LogP contribution in [0.15, 0.2) is 0 Å². The smallest absolute Gasteiger partial charge is 0.328 e. The maximum absolute atomic E-state index is 11.8. The summed E-state index contributed by atoms with van der Waals surface area (Å²) in [6.07, 6.45) is 2.08. The Morgan fingerprint density at radius 2 is 2.00 bits per heavy atom. The number of likely N-dealkylation sites (tertiary alicyclic amines) is 1. The molecule has 1 heterocycles. The van der Waals surface area contributed by atoms with Crippen molar-refractivity contribution in [1.29, 1.82) is 0 Å². The summed E-state index contributed by atoms with van der Waals surface area (Å²) >= 11 is 0. The molecular formula is C12H23N3O4. The van der Waals surface area contributed by atoms with Crippen molar-refractivity contribution in [3.05, 3.63) is 0 Å². The van der Waals surface area contributed by atoms with Gasteiger partial charge in [-0.3, -0.25) is 0 Å². The molecule has 0 aromatic carbocycles. The third-order valence-corrected chi connectivity index (χ3v) is 3.50. The van der Waals surface area contributed by atoms with Gasteiger partial charge in [-0.1, -0.05) is 0 Å². The molecule has 0 radical (unpaired) electrons. The second-order valence-electron chi connectivity index (χ2n) is 5.15. The molecule has 110 valence electrons. The Hall–Kier alpha value is -1.34. The second kappa shape index (κ2) is 7.30. The summed E-state index contributed by atoms with van der Waals surface area (Å²) in [6.45, 7) is 2.05. The van der Waals surface area contributed by atoms with Crippen molar-refractivity contribution in [2.45, 2.75) is 18.9 Å². The van der Waals surface area contributed by atoms with Crippen molar-refractivity contribution < 1.29 is 19.8 Å². The Labute approximate surface area is 113 Å². The average molecular weight is 273 g/mol. The lowest BCUT2D eigenvalue weighted by atomic mass is 9.97. The number of nitrogens with zero attached hydrogens (tertiary/aromatic N) is 2. The van der Waals surface area contributed by atoms with Gasteiger partial charge in [-0.2, -0.15) is 0 Å². The lowest BCUT2D eigenvalue weighted by molar-refractivity contribution is -0.140. The molecule has 1 aliphatic heterocycles. The number of hydrogen-bond donors (Lipinski definition) is 3. The third kappa shape index (κ3) is 5.04. The maximum atomic E-state index is 11.8. The van der Waals surface area contributed by atoms with Crippen LogP contribution in [-0.4, -0.2) is 78.4 Å². The highest BCUT2D eigenvalue weighted by Crippen LogP contribution is 2.16. The molecule has 0 aromatic rings. The van der Waals surface area contributed by atoms with Crippen LogP contribution in [0.25, 0.3) is 0 Å². The molecule has 1 fully saturated rings. The van der Waals surface area contributed by atoms with Gasteiger partial charge in [-0.05, 0) is 38.9 Å². The number of nitrogens with one attached hydrogen (secondary N) is 1. The molecule has 2 amide bonds. The summed E-state index contributed by atoms with van der Waals surface area (Å²) in [7, 11) is 3.72. The van der Waals surface area contributed by atoms with Crippen molar-refractivity contribution >= 4 is 12.0 Å². The first-order chi connectivity index (χ1) is 8.93. The van der Waals surface area contributed by atoms with Crippen molar-refractivity contribution in [3.63, 3.8) is 0 Å². The Morgan fingerprint density at radius 1 is 1.42 bits per heavy atom. The van der Waals surface area contributed by atoms with Crippen molar-refractivity contribution in [1.82, 2.24) is 15.1 Å². The fraction of sp³-hybridized carbons (Fsp3) is 0.833. The number of carbonyl (C=O) groups excluding carboxylic acids is 1. The van der Waals surface area contributed by atoms with Crippen LogP contribution in [0.1, 0.15) is 12.8 Å². The Bertz CT molecular complexity index is 316. The Balaban J connectivity index is 2.38. The summed E-state index contributed by atoms with van der Waals surface area (Å²) in [4.78, 5) is 26.2. The molecule has 0 aromatic heterocycles. The topological polar surface area (TPSA) is 93.1 Å². The SMILES string of the molecule is CN1CCC(CN(C)C(=O)N[C@H](CO)C(=O)O)CC1. The van der Waals surface area contributed by atoms with Gasteiger partial charge in [0.25, 0.3) is 0 Å². The van der Waals surface area contributed by atoms with Gasteiger partial charge < -0.3 is 25.3 Å². The molecule has 7 nitrogen and oxygen atoms in total. The molecule has 1 aliphatic rings. The maximum Gasteiger partial charge on any atom is 0.328 e. The second-order valence-corrected chi connectivity index (χ2v) is 5.15. The standard InChI is InChI=1S/C12H23N3O4/c1-14-5-3-9(4-6-14)7-15(2)12(19)13-10(8-16)11(17)18/h9-10,16H,3-8H2,1-2H3,(H,13,19)(H,17,18)/t10-/m1/s1. The molecule has 0 aliphatic carbocycles. The first-order valence-corrected chi connectivity index (χ1v) is 6.48. The Morgan fingerprint density at radius 3 is 2.47 bits per heavy atom. The summed E-state index contributed by atoms with van der Waals surface area (Å²) in [6, 6.07) is -1.70. The van der Waals surface area contributed by atoms with Crippen LogP contribution in [-0.2, 0) is 4.79 Å². The molecule has 19 heavy (non-hydrogen) atoms. The van der Waals surface area contributed by atoms with E-state index < -0.39 is 24.6 Å². The van der Waals surface area contributed by atoms with Crippen LogP contribution >= 0.6 is 0 Å².